The number of hydrogen-bond acceptors (Lipinski definition) is 3. The van der Waals surface area contributed by atoms with E-state index in [0.29, 0.717) is 23.2 Å². The minimum absolute atomic E-state index is 0.155. The quantitative estimate of drug-likeness (QED) is 0.295. The van der Waals surface area contributed by atoms with Gasteiger partial charge >= 0.3 is 0 Å². The molecule has 0 spiro atoms. The van der Waals surface area contributed by atoms with Crippen LogP contribution in [-0.2, 0) is 0 Å². The van der Waals surface area contributed by atoms with Gasteiger partial charge in [0.05, 0.1) is 0 Å². The van der Waals surface area contributed by atoms with Gasteiger partial charge in [-0.15, -0.1) is 0 Å². The second-order valence-corrected chi connectivity index (χ2v) is 12.8. The van der Waals surface area contributed by atoms with Crippen molar-refractivity contribution in [1.29, 1.82) is 0 Å². The van der Waals surface area contributed by atoms with E-state index in [4.69, 9.17) is 17.2 Å². The van der Waals surface area contributed by atoms with Crippen molar-refractivity contribution in [2.45, 2.75) is 105 Å². The molecule has 0 amide bonds. The Balaban J connectivity index is 1.69. The Morgan fingerprint density at radius 3 is 2.35 bits per heavy atom. The average molecular weight is 466 g/mol. The van der Waals surface area contributed by atoms with E-state index < -0.39 is 0 Å². The summed E-state index contributed by atoms with van der Waals surface area (Å²) in [5.41, 5.74) is 27.6. The molecule has 6 atom stereocenters. The van der Waals surface area contributed by atoms with Crippen LogP contribution in [0.1, 0.15) is 96.3 Å². The molecule has 0 radical (unpaired) electrons. The van der Waals surface area contributed by atoms with Crippen LogP contribution in [0.5, 0.6) is 0 Å². The Morgan fingerprint density at radius 2 is 1.76 bits per heavy atom. The summed E-state index contributed by atoms with van der Waals surface area (Å²) >= 11 is 0. The molecule has 3 rings (SSSR count). The summed E-state index contributed by atoms with van der Waals surface area (Å²) in [5, 5.41) is 0. The molecule has 3 nitrogen and oxygen atoms in total. The molecule has 1 fully saturated rings. The van der Waals surface area contributed by atoms with Crippen LogP contribution in [-0.4, -0.2) is 12.1 Å². The van der Waals surface area contributed by atoms with Crippen LogP contribution in [0.2, 0.25) is 0 Å². The van der Waals surface area contributed by atoms with E-state index in [1.165, 1.54) is 42.4 Å². The van der Waals surface area contributed by atoms with Crippen LogP contribution in [0, 0.1) is 42.4 Å². The molecule has 3 heteroatoms. The van der Waals surface area contributed by atoms with Gasteiger partial charge in [0.25, 0.3) is 0 Å². The van der Waals surface area contributed by atoms with Crippen LogP contribution < -0.4 is 17.2 Å². The third-order valence-corrected chi connectivity index (χ3v) is 10.2. The van der Waals surface area contributed by atoms with Gasteiger partial charge in [-0.25, -0.2) is 0 Å². The summed E-state index contributed by atoms with van der Waals surface area (Å²) in [6.45, 7) is 20.6. The van der Waals surface area contributed by atoms with Crippen molar-refractivity contribution in [3.05, 3.63) is 47.1 Å². The first-order valence-electron chi connectivity index (χ1n) is 13.5. The zero-order valence-electron chi connectivity index (χ0n) is 23.0. The van der Waals surface area contributed by atoms with E-state index in [1.54, 1.807) is 5.57 Å². The maximum absolute atomic E-state index is 6.85. The molecule has 2 aliphatic rings. The van der Waals surface area contributed by atoms with Crippen molar-refractivity contribution in [2.24, 2.45) is 40.1 Å². The lowest BCUT2D eigenvalue weighted by Gasteiger charge is -2.51. The second-order valence-electron chi connectivity index (χ2n) is 12.8. The smallest absolute Gasteiger partial charge is 0.0352 e. The van der Waals surface area contributed by atoms with Crippen molar-refractivity contribution in [3.8, 4) is 0 Å². The Bertz CT molecular complexity index is 904. The van der Waals surface area contributed by atoms with Crippen molar-refractivity contribution >= 4 is 11.3 Å². The number of hydrogen-bond donors (Lipinski definition) is 3. The fourth-order valence-corrected chi connectivity index (χ4v) is 6.54. The summed E-state index contributed by atoms with van der Waals surface area (Å²) in [5.74, 6) is 1.34. The van der Waals surface area contributed by atoms with E-state index in [2.05, 4.69) is 73.3 Å². The average Bonchev–Trinajstić information content (AvgIpc) is 2.78. The van der Waals surface area contributed by atoms with E-state index in [0.717, 1.165) is 30.5 Å². The zero-order valence-corrected chi connectivity index (χ0v) is 23.0. The molecule has 1 saturated carbocycles. The van der Waals surface area contributed by atoms with Gasteiger partial charge in [-0.3, -0.25) is 0 Å². The lowest BCUT2D eigenvalue weighted by molar-refractivity contribution is 0.0184. The number of nitrogen functional groups attached to an aromatic ring is 1. The number of nitrogens with two attached hydrogens (primary N) is 3. The van der Waals surface area contributed by atoms with Crippen LogP contribution >= 0.6 is 0 Å². The first-order chi connectivity index (χ1) is 15.8. The molecule has 34 heavy (non-hydrogen) atoms. The van der Waals surface area contributed by atoms with E-state index in [9.17, 15) is 0 Å². The first-order valence-corrected chi connectivity index (χ1v) is 13.5. The zero-order chi connectivity index (χ0) is 25.4. The lowest BCUT2D eigenvalue weighted by atomic mass is 9.55. The number of rotatable bonds is 7. The monoisotopic (exact) mass is 465 g/mol. The highest BCUT2D eigenvalue weighted by Gasteiger charge is 2.46. The van der Waals surface area contributed by atoms with Gasteiger partial charge in [-0.05, 0) is 123 Å². The van der Waals surface area contributed by atoms with Crippen molar-refractivity contribution < 1.29 is 0 Å². The number of benzene rings is 1. The second kappa shape index (κ2) is 10.2. The Labute approximate surface area is 209 Å². The SMILES string of the molecule is C=C(CCC1CC(CC(C)(C)C2(C)CC=C(C)CC2)C(N)C(C)C1N)c1cc(C)c(C)c(N)c1. The van der Waals surface area contributed by atoms with Gasteiger partial charge in [-0.1, -0.05) is 52.0 Å². The minimum Gasteiger partial charge on any atom is -0.398 e. The summed E-state index contributed by atoms with van der Waals surface area (Å²) in [7, 11) is 0. The van der Waals surface area contributed by atoms with E-state index in [-0.39, 0.29) is 17.5 Å². The third-order valence-electron chi connectivity index (χ3n) is 10.2. The van der Waals surface area contributed by atoms with Gasteiger partial charge in [0.1, 0.15) is 0 Å². The molecule has 0 aromatic heterocycles. The Kier molecular flexibility index (Phi) is 8.10. The predicted octanol–water partition coefficient (Wildman–Crippen LogP) is 7.16. The fraction of sp³-hybridized carbons (Fsp3) is 0.677. The molecule has 2 aliphatic carbocycles. The van der Waals surface area contributed by atoms with Crippen LogP contribution in [0.4, 0.5) is 5.69 Å². The van der Waals surface area contributed by atoms with Gasteiger partial charge in [-0.2, -0.15) is 0 Å². The molecule has 1 aromatic rings. The van der Waals surface area contributed by atoms with Gasteiger partial charge in [0.2, 0.25) is 0 Å². The maximum Gasteiger partial charge on any atom is 0.0352 e. The summed E-state index contributed by atoms with van der Waals surface area (Å²) in [6.07, 6.45) is 10.5. The first kappa shape index (κ1) is 27.0. The molecule has 0 saturated heterocycles. The predicted molar refractivity (Wildman–Crippen MR) is 149 cm³/mol. The van der Waals surface area contributed by atoms with Gasteiger partial charge < -0.3 is 17.2 Å². The largest absolute Gasteiger partial charge is 0.398 e. The number of anilines is 1. The molecule has 1 aromatic carbocycles. The van der Waals surface area contributed by atoms with Crippen molar-refractivity contribution in [1.82, 2.24) is 0 Å². The van der Waals surface area contributed by atoms with Gasteiger partial charge in [0.15, 0.2) is 0 Å². The maximum atomic E-state index is 6.85. The summed E-state index contributed by atoms with van der Waals surface area (Å²) < 4.78 is 0. The third kappa shape index (κ3) is 5.46. The van der Waals surface area contributed by atoms with Gasteiger partial charge in [0, 0.05) is 17.8 Å². The van der Waals surface area contributed by atoms with Crippen LogP contribution in [0.25, 0.3) is 5.57 Å². The molecule has 0 bridgehead atoms. The van der Waals surface area contributed by atoms with Crippen molar-refractivity contribution in [2.75, 3.05) is 5.73 Å². The molecule has 6 N–H and O–H groups in total. The molecular formula is C31H51N3. The fourth-order valence-electron chi connectivity index (χ4n) is 6.54. The summed E-state index contributed by atoms with van der Waals surface area (Å²) in [4.78, 5) is 0. The normalized spacial score (nSPS) is 32.4. The molecule has 0 aliphatic heterocycles. The summed E-state index contributed by atoms with van der Waals surface area (Å²) in [6, 6.07) is 4.64. The van der Waals surface area contributed by atoms with Crippen LogP contribution in [0.3, 0.4) is 0 Å². The topological polar surface area (TPSA) is 78.1 Å². The van der Waals surface area contributed by atoms with Crippen LogP contribution in [0.15, 0.2) is 30.4 Å². The van der Waals surface area contributed by atoms with E-state index in [1.807, 2.05) is 0 Å². The minimum atomic E-state index is 0.155. The molecular weight excluding hydrogens is 414 g/mol. The molecule has 6 unspecified atom stereocenters. The number of allylic oxidation sites excluding steroid dienone is 3. The van der Waals surface area contributed by atoms with E-state index >= 15 is 0 Å². The highest BCUT2D eigenvalue weighted by atomic mass is 14.8. The van der Waals surface area contributed by atoms with Crippen molar-refractivity contribution in [3.63, 3.8) is 0 Å². The standard InChI is InChI=1S/C31H51N3/c1-19-11-13-31(8,14-12-19)30(6,7)18-26-16-24(28(33)23(5)29(26)34)10-9-20(2)25-15-21(3)22(4)27(32)17-25/h11,15,17,23-24,26,28-29H,2,9-10,12-14,16,18,32-34H2,1,3-8H3. The lowest BCUT2D eigenvalue weighted by Crippen LogP contribution is -2.55. The molecule has 0 heterocycles. The number of aryl methyl sites for hydroxylation is 1. The highest BCUT2D eigenvalue weighted by molar-refractivity contribution is 5.69. The highest BCUT2D eigenvalue weighted by Crippen LogP contribution is 2.53. The Hall–Kier alpha value is -1.58. The Morgan fingerprint density at radius 1 is 1.12 bits per heavy atom. The molecule has 190 valence electrons.